The number of carbonyl (C=O) groups is 3. The number of nitrogens with one attached hydrogen (secondary N) is 1. The third-order valence-corrected chi connectivity index (χ3v) is 5.66. The van der Waals surface area contributed by atoms with Crippen LogP contribution in [0.4, 0.5) is 0 Å². The minimum Gasteiger partial charge on any atom is -0.352 e. The molecule has 1 N–H and O–H groups in total. The van der Waals surface area contributed by atoms with E-state index in [1.807, 2.05) is 30.3 Å². The number of rotatable bonds is 5. The zero-order valence-electron chi connectivity index (χ0n) is 15.8. The first-order valence-corrected chi connectivity index (χ1v) is 9.99. The molecule has 1 fully saturated rings. The average Bonchev–Trinajstić information content (AvgIpc) is 2.99. The number of hydrogen-bond acceptors (Lipinski definition) is 3. The molecule has 5 nitrogen and oxygen atoms in total. The highest BCUT2D eigenvalue weighted by Gasteiger charge is 2.40. The van der Waals surface area contributed by atoms with E-state index in [9.17, 15) is 14.4 Å². The fourth-order valence-electron chi connectivity index (χ4n) is 4.14. The minimum atomic E-state index is -0.258. The second-order valence-corrected chi connectivity index (χ2v) is 7.52. The van der Waals surface area contributed by atoms with Crippen molar-refractivity contribution in [3.63, 3.8) is 0 Å². The molecule has 5 heteroatoms. The second-order valence-electron chi connectivity index (χ2n) is 7.52. The van der Waals surface area contributed by atoms with E-state index in [1.54, 1.807) is 18.2 Å². The van der Waals surface area contributed by atoms with Gasteiger partial charge in [0, 0.05) is 18.2 Å². The molecule has 2 aliphatic rings. The molecule has 144 valence electrons. The van der Waals surface area contributed by atoms with Crippen LogP contribution in [-0.4, -0.2) is 35.2 Å². The molecule has 0 spiro atoms. The average molecular weight is 376 g/mol. The monoisotopic (exact) mass is 376 g/mol. The van der Waals surface area contributed by atoms with Crippen LogP contribution in [0.25, 0.3) is 0 Å². The molecule has 1 heterocycles. The molecule has 0 aromatic heterocycles. The summed E-state index contributed by atoms with van der Waals surface area (Å²) in [5.74, 6) is -0.705. The van der Waals surface area contributed by atoms with Crippen LogP contribution in [0, 0.1) is 0 Å². The Labute approximate surface area is 164 Å². The molecule has 1 aliphatic heterocycles. The van der Waals surface area contributed by atoms with Gasteiger partial charge in [0.05, 0.1) is 11.1 Å². The van der Waals surface area contributed by atoms with Crippen molar-refractivity contribution >= 4 is 17.7 Å². The van der Waals surface area contributed by atoms with E-state index in [-0.39, 0.29) is 23.8 Å². The molecule has 1 saturated carbocycles. The number of fused-ring (bicyclic) bond motifs is 1. The highest BCUT2D eigenvalue weighted by molar-refractivity contribution is 6.22. The van der Waals surface area contributed by atoms with Crippen molar-refractivity contribution in [2.75, 3.05) is 6.54 Å². The van der Waals surface area contributed by atoms with Gasteiger partial charge in [0.2, 0.25) is 0 Å². The summed E-state index contributed by atoms with van der Waals surface area (Å²) in [5.41, 5.74) is 2.33. The van der Waals surface area contributed by atoms with Crippen molar-refractivity contribution in [3.8, 4) is 0 Å². The molecule has 2 aromatic carbocycles. The van der Waals surface area contributed by atoms with Gasteiger partial charge in [-0.05, 0) is 43.0 Å². The molecule has 0 bridgehead atoms. The molecule has 0 saturated heterocycles. The lowest BCUT2D eigenvalue weighted by Gasteiger charge is -2.29. The van der Waals surface area contributed by atoms with Crippen LogP contribution in [-0.2, 0) is 6.42 Å². The number of nitrogens with zero attached hydrogens (tertiary/aromatic N) is 1. The highest BCUT2D eigenvalue weighted by Crippen LogP contribution is 2.31. The Morgan fingerprint density at radius 3 is 2.39 bits per heavy atom. The van der Waals surface area contributed by atoms with Gasteiger partial charge >= 0.3 is 0 Å². The van der Waals surface area contributed by atoms with Crippen LogP contribution in [0.5, 0.6) is 0 Å². The maximum atomic E-state index is 12.9. The molecule has 1 aliphatic carbocycles. The molecule has 0 atom stereocenters. The van der Waals surface area contributed by atoms with Crippen LogP contribution in [0.1, 0.15) is 68.7 Å². The quantitative estimate of drug-likeness (QED) is 0.811. The fraction of sp³-hybridized carbons (Fsp3) is 0.348. The normalized spacial score (nSPS) is 16.9. The van der Waals surface area contributed by atoms with E-state index >= 15 is 0 Å². The number of benzene rings is 2. The molecule has 4 rings (SSSR count). The Bertz CT molecular complexity index is 901. The first kappa shape index (κ1) is 18.4. The van der Waals surface area contributed by atoms with E-state index < -0.39 is 0 Å². The van der Waals surface area contributed by atoms with Gasteiger partial charge in [0.15, 0.2) is 0 Å². The molecule has 28 heavy (non-hydrogen) atoms. The van der Waals surface area contributed by atoms with Crippen LogP contribution in [0.15, 0.2) is 48.5 Å². The Kier molecular flexibility index (Phi) is 5.24. The lowest BCUT2D eigenvalue weighted by Crippen LogP contribution is -2.40. The fourth-order valence-corrected chi connectivity index (χ4v) is 4.14. The standard InChI is InChI=1S/C23H24N2O3/c26-21(24-14-13-16-7-3-1-4-8-16)17-11-12-19-20(15-17)23(28)25(22(19)27)18-9-5-2-6-10-18/h1,3-4,7-8,11-12,15,18H,2,5-6,9-10,13-14H2,(H,24,26). The van der Waals surface area contributed by atoms with Crippen molar-refractivity contribution in [3.05, 3.63) is 70.8 Å². The van der Waals surface area contributed by atoms with Crippen molar-refractivity contribution in [1.29, 1.82) is 0 Å². The lowest BCUT2D eigenvalue weighted by atomic mass is 9.94. The van der Waals surface area contributed by atoms with E-state index in [4.69, 9.17) is 0 Å². The van der Waals surface area contributed by atoms with Gasteiger partial charge in [0.1, 0.15) is 0 Å². The topological polar surface area (TPSA) is 66.5 Å². The summed E-state index contributed by atoms with van der Waals surface area (Å²) in [5, 5.41) is 2.89. The maximum absolute atomic E-state index is 12.9. The molecular formula is C23H24N2O3. The molecule has 0 radical (unpaired) electrons. The third-order valence-electron chi connectivity index (χ3n) is 5.66. The zero-order valence-corrected chi connectivity index (χ0v) is 15.8. The second kappa shape index (κ2) is 7.97. The summed E-state index contributed by atoms with van der Waals surface area (Å²) < 4.78 is 0. The van der Waals surface area contributed by atoms with Crippen LogP contribution < -0.4 is 5.32 Å². The van der Waals surface area contributed by atoms with E-state index in [1.165, 1.54) is 4.90 Å². The van der Waals surface area contributed by atoms with E-state index in [0.29, 0.717) is 23.2 Å². The Morgan fingerprint density at radius 1 is 0.929 bits per heavy atom. The summed E-state index contributed by atoms with van der Waals surface area (Å²) in [6, 6.07) is 14.7. The molecule has 3 amide bonds. The third kappa shape index (κ3) is 3.57. The summed E-state index contributed by atoms with van der Waals surface area (Å²) in [4.78, 5) is 39.5. The van der Waals surface area contributed by atoms with Crippen molar-refractivity contribution in [2.45, 2.75) is 44.6 Å². The summed E-state index contributed by atoms with van der Waals surface area (Å²) in [7, 11) is 0. The molecule has 2 aromatic rings. The predicted octanol–water partition coefficient (Wildman–Crippen LogP) is 3.59. The molecule has 0 unspecified atom stereocenters. The number of hydrogen-bond donors (Lipinski definition) is 1. The predicted molar refractivity (Wildman–Crippen MR) is 106 cm³/mol. The van der Waals surface area contributed by atoms with Gasteiger partial charge in [-0.2, -0.15) is 0 Å². The SMILES string of the molecule is O=C(NCCc1ccccc1)c1ccc2c(c1)C(=O)N(C1CCCCC1)C2=O. The Hall–Kier alpha value is -2.95. The van der Waals surface area contributed by atoms with Gasteiger partial charge in [-0.1, -0.05) is 49.6 Å². The van der Waals surface area contributed by atoms with Gasteiger partial charge in [-0.25, -0.2) is 0 Å². The summed E-state index contributed by atoms with van der Waals surface area (Å²) in [6.45, 7) is 0.515. The Balaban J connectivity index is 1.44. The van der Waals surface area contributed by atoms with Gasteiger partial charge in [-0.15, -0.1) is 0 Å². The first-order chi connectivity index (χ1) is 13.6. The lowest BCUT2D eigenvalue weighted by molar-refractivity contribution is 0.0549. The smallest absolute Gasteiger partial charge is 0.261 e. The van der Waals surface area contributed by atoms with Crippen molar-refractivity contribution in [2.24, 2.45) is 0 Å². The zero-order chi connectivity index (χ0) is 19.5. The van der Waals surface area contributed by atoms with E-state index in [0.717, 1.165) is 44.1 Å². The summed E-state index contributed by atoms with van der Waals surface area (Å²) >= 11 is 0. The summed E-state index contributed by atoms with van der Waals surface area (Å²) in [6.07, 6.45) is 5.74. The van der Waals surface area contributed by atoms with E-state index in [2.05, 4.69) is 5.32 Å². The van der Waals surface area contributed by atoms with Gasteiger partial charge in [0.25, 0.3) is 17.7 Å². The van der Waals surface area contributed by atoms with Crippen LogP contribution >= 0.6 is 0 Å². The largest absolute Gasteiger partial charge is 0.352 e. The molecular weight excluding hydrogens is 352 g/mol. The van der Waals surface area contributed by atoms with Crippen LogP contribution in [0.2, 0.25) is 0 Å². The number of amides is 3. The van der Waals surface area contributed by atoms with Crippen molar-refractivity contribution in [1.82, 2.24) is 10.2 Å². The van der Waals surface area contributed by atoms with Crippen LogP contribution in [0.3, 0.4) is 0 Å². The number of carbonyl (C=O) groups excluding carboxylic acids is 3. The maximum Gasteiger partial charge on any atom is 0.261 e. The number of imide groups is 1. The minimum absolute atomic E-state index is 0.00991. The van der Waals surface area contributed by atoms with Gasteiger partial charge < -0.3 is 5.32 Å². The first-order valence-electron chi connectivity index (χ1n) is 9.99. The Morgan fingerprint density at radius 2 is 1.64 bits per heavy atom. The van der Waals surface area contributed by atoms with Gasteiger partial charge in [-0.3, -0.25) is 19.3 Å². The van der Waals surface area contributed by atoms with Crippen molar-refractivity contribution < 1.29 is 14.4 Å². The highest BCUT2D eigenvalue weighted by atomic mass is 16.2.